The van der Waals surface area contributed by atoms with Gasteiger partial charge in [-0.25, -0.2) is 4.39 Å². The molecule has 1 aromatic heterocycles. The van der Waals surface area contributed by atoms with Crippen LogP contribution in [0.5, 0.6) is 0 Å². The Kier molecular flexibility index (Phi) is 6.64. The number of ether oxygens (including phenoxy) is 1. The van der Waals surface area contributed by atoms with Crippen LogP contribution in [0.2, 0.25) is 0 Å². The van der Waals surface area contributed by atoms with Crippen LogP contribution in [-0.4, -0.2) is 63.7 Å². The maximum absolute atomic E-state index is 14.0. The van der Waals surface area contributed by atoms with Crippen LogP contribution in [0.1, 0.15) is 29.9 Å². The van der Waals surface area contributed by atoms with Crippen molar-refractivity contribution in [1.29, 1.82) is 0 Å². The number of amides is 2. The van der Waals surface area contributed by atoms with Crippen LogP contribution < -0.4 is 0 Å². The van der Waals surface area contributed by atoms with E-state index >= 15 is 0 Å². The number of carbonyl (C=O) groups excluding carboxylic acids is 2. The summed E-state index contributed by atoms with van der Waals surface area (Å²) in [6.07, 6.45) is 1.13. The normalized spacial score (nSPS) is 17.7. The molecule has 0 radical (unpaired) electrons. The van der Waals surface area contributed by atoms with Gasteiger partial charge in [-0.2, -0.15) is 5.10 Å². The third-order valence-electron chi connectivity index (χ3n) is 4.87. The largest absolute Gasteiger partial charge is 0.370 e. The minimum absolute atomic E-state index is 0.0176. The zero-order valence-electron chi connectivity index (χ0n) is 17.0. The summed E-state index contributed by atoms with van der Waals surface area (Å²) in [4.78, 5) is 29.0. The summed E-state index contributed by atoms with van der Waals surface area (Å²) in [6.45, 7) is 5.31. The lowest BCUT2D eigenvalue weighted by Crippen LogP contribution is -2.41. The highest BCUT2D eigenvalue weighted by Crippen LogP contribution is 2.16. The van der Waals surface area contributed by atoms with E-state index in [1.54, 1.807) is 42.4 Å². The molecule has 7 nitrogen and oxygen atoms in total. The molecule has 0 unspecified atom stereocenters. The first-order valence-electron chi connectivity index (χ1n) is 9.75. The molecule has 1 aliphatic rings. The Balaban J connectivity index is 1.78. The molecule has 0 aliphatic carbocycles. The number of halogens is 1. The van der Waals surface area contributed by atoms with E-state index in [2.05, 4.69) is 5.10 Å². The molecule has 0 saturated carbocycles. The van der Waals surface area contributed by atoms with Crippen molar-refractivity contribution >= 4 is 11.8 Å². The quantitative estimate of drug-likeness (QED) is 0.742. The van der Waals surface area contributed by atoms with E-state index < -0.39 is 6.10 Å². The van der Waals surface area contributed by atoms with Crippen molar-refractivity contribution in [2.45, 2.75) is 26.6 Å². The van der Waals surface area contributed by atoms with Gasteiger partial charge in [-0.15, -0.1) is 0 Å². The van der Waals surface area contributed by atoms with Crippen molar-refractivity contribution in [2.75, 3.05) is 26.2 Å². The lowest BCUT2D eigenvalue weighted by atomic mass is 10.2. The molecule has 1 fully saturated rings. The van der Waals surface area contributed by atoms with Gasteiger partial charge in [-0.3, -0.25) is 14.3 Å². The van der Waals surface area contributed by atoms with Crippen LogP contribution >= 0.6 is 0 Å². The lowest BCUT2D eigenvalue weighted by molar-refractivity contribution is -0.132. The number of benzene rings is 1. The Bertz CT molecular complexity index is 867. The second kappa shape index (κ2) is 9.17. The topological polar surface area (TPSA) is 67.7 Å². The summed E-state index contributed by atoms with van der Waals surface area (Å²) in [5, 5.41) is 4.03. The predicted octanol–water partition coefficient (Wildman–Crippen LogP) is 2.08. The lowest BCUT2D eigenvalue weighted by Gasteiger charge is -2.26. The maximum Gasteiger partial charge on any atom is 0.272 e. The third kappa shape index (κ3) is 5.20. The Morgan fingerprint density at radius 3 is 2.69 bits per heavy atom. The first-order valence-corrected chi connectivity index (χ1v) is 9.75. The summed E-state index contributed by atoms with van der Waals surface area (Å²) in [5.74, 6) is -0.444. The average molecular weight is 402 g/mol. The van der Waals surface area contributed by atoms with Gasteiger partial charge in [0.15, 0.2) is 0 Å². The maximum atomic E-state index is 14.0. The van der Waals surface area contributed by atoms with Crippen molar-refractivity contribution in [2.24, 2.45) is 13.0 Å². The van der Waals surface area contributed by atoms with Crippen LogP contribution in [0.15, 0.2) is 36.5 Å². The van der Waals surface area contributed by atoms with Crippen molar-refractivity contribution in [1.82, 2.24) is 19.6 Å². The molecule has 3 rings (SSSR count). The number of hydrogen-bond acceptors (Lipinski definition) is 4. The summed E-state index contributed by atoms with van der Waals surface area (Å²) >= 11 is 0. The van der Waals surface area contributed by atoms with Crippen LogP contribution in [-0.2, 0) is 23.2 Å². The first-order chi connectivity index (χ1) is 13.8. The molecule has 1 aromatic carbocycles. The van der Waals surface area contributed by atoms with Crippen molar-refractivity contribution in [3.8, 4) is 0 Å². The summed E-state index contributed by atoms with van der Waals surface area (Å²) in [5.41, 5.74) is 0.853. The Morgan fingerprint density at radius 2 is 2.03 bits per heavy atom. The van der Waals surface area contributed by atoms with Crippen LogP contribution in [0.3, 0.4) is 0 Å². The number of aryl methyl sites for hydroxylation is 1. The van der Waals surface area contributed by atoms with Crippen LogP contribution in [0, 0.1) is 11.7 Å². The average Bonchev–Trinajstić information content (AvgIpc) is 3.03. The molecule has 1 atom stereocenters. The molecule has 1 saturated heterocycles. The predicted molar refractivity (Wildman–Crippen MR) is 106 cm³/mol. The van der Waals surface area contributed by atoms with Crippen LogP contribution in [0.25, 0.3) is 0 Å². The van der Waals surface area contributed by atoms with Crippen LogP contribution in [0.4, 0.5) is 4.39 Å². The van der Waals surface area contributed by atoms with Gasteiger partial charge < -0.3 is 14.5 Å². The monoisotopic (exact) mass is 402 g/mol. The molecule has 1 aliphatic heterocycles. The highest BCUT2D eigenvalue weighted by atomic mass is 19.1. The molecule has 8 heteroatoms. The molecule has 2 heterocycles. The van der Waals surface area contributed by atoms with E-state index in [4.69, 9.17) is 4.74 Å². The fourth-order valence-electron chi connectivity index (χ4n) is 3.43. The van der Waals surface area contributed by atoms with Crippen molar-refractivity contribution < 1.29 is 18.7 Å². The molecule has 0 spiro atoms. The van der Waals surface area contributed by atoms with E-state index in [9.17, 15) is 14.0 Å². The third-order valence-corrected chi connectivity index (χ3v) is 4.87. The minimum atomic E-state index is -0.419. The second-order valence-corrected chi connectivity index (χ2v) is 7.74. The van der Waals surface area contributed by atoms with Gasteiger partial charge >= 0.3 is 0 Å². The molecule has 0 bridgehead atoms. The smallest absolute Gasteiger partial charge is 0.272 e. The van der Waals surface area contributed by atoms with Gasteiger partial charge in [0.1, 0.15) is 18.1 Å². The number of carbonyl (C=O) groups is 2. The highest BCUT2D eigenvalue weighted by molar-refractivity contribution is 5.95. The number of aromatic nitrogens is 2. The molecule has 2 aromatic rings. The SMILES string of the molecule is CC(C)CN1C[C@H](OCc2ccccc2F)CN(C(=O)c2ccnn2C)CC1=O. The molecule has 2 amide bonds. The van der Waals surface area contributed by atoms with E-state index in [1.807, 2.05) is 13.8 Å². The van der Waals surface area contributed by atoms with Gasteiger partial charge in [0.05, 0.1) is 12.7 Å². The molecular formula is C21H27FN4O3. The zero-order chi connectivity index (χ0) is 21.0. The van der Waals surface area contributed by atoms with E-state index in [0.717, 1.165) is 0 Å². The number of hydrogen-bond donors (Lipinski definition) is 0. The minimum Gasteiger partial charge on any atom is -0.370 e. The molecule has 156 valence electrons. The Morgan fingerprint density at radius 1 is 1.28 bits per heavy atom. The van der Waals surface area contributed by atoms with E-state index in [0.29, 0.717) is 24.3 Å². The molecule has 0 N–H and O–H groups in total. The fourth-order valence-corrected chi connectivity index (χ4v) is 3.43. The van der Waals surface area contributed by atoms with Gasteiger partial charge in [0.25, 0.3) is 5.91 Å². The van der Waals surface area contributed by atoms with Crippen molar-refractivity contribution in [3.63, 3.8) is 0 Å². The number of rotatable bonds is 6. The van der Waals surface area contributed by atoms with Crippen molar-refractivity contribution in [3.05, 3.63) is 53.6 Å². The summed E-state index contributed by atoms with van der Waals surface area (Å²) in [7, 11) is 1.68. The Hall–Kier alpha value is -2.74. The second-order valence-electron chi connectivity index (χ2n) is 7.74. The van der Waals surface area contributed by atoms with Gasteiger partial charge in [-0.1, -0.05) is 32.0 Å². The molecule has 29 heavy (non-hydrogen) atoms. The first kappa shape index (κ1) is 21.0. The van der Waals surface area contributed by atoms with Gasteiger partial charge in [-0.05, 0) is 18.1 Å². The number of nitrogens with zero attached hydrogens (tertiary/aromatic N) is 4. The van der Waals surface area contributed by atoms with E-state index in [-0.39, 0.29) is 43.2 Å². The summed E-state index contributed by atoms with van der Waals surface area (Å²) < 4.78 is 21.4. The summed E-state index contributed by atoms with van der Waals surface area (Å²) in [6, 6.07) is 8.06. The van der Waals surface area contributed by atoms with Gasteiger partial charge in [0, 0.05) is 38.4 Å². The van der Waals surface area contributed by atoms with E-state index in [1.165, 1.54) is 15.6 Å². The highest BCUT2D eigenvalue weighted by Gasteiger charge is 2.32. The standard InChI is InChI=1S/C21H27FN4O3/c1-15(2)10-25-11-17(29-14-16-6-4-5-7-18(16)22)12-26(13-20(25)27)21(28)19-8-9-23-24(19)3/h4-9,15,17H,10-14H2,1-3H3/t17-/m0/s1. The molecular weight excluding hydrogens is 375 g/mol. The fraction of sp³-hybridized carbons (Fsp3) is 0.476. The Labute approximate surface area is 170 Å². The van der Waals surface area contributed by atoms with Gasteiger partial charge in [0.2, 0.25) is 5.91 Å². The zero-order valence-corrected chi connectivity index (χ0v) is 17.0.